The van der Waals surface area contributed by atoms with Gasteiger partial charge < -0.3 is 20.9 Å². The molecule has 19 heavy (non-hydrogen) atoms. The van der Waals surface area contributed by atoms with E-state index in [-0.39, 0.29) is 12.4 Å². The number of thioether (sulfide) groups is 1. The first-order valence-electron chi connectivity index (χ1n) is 6.05. The van der Waals surface area contributed by atoms with Crippen molar-refractivity contribution in [1.29, 1.82) is 0 Å². The van der Waals surface area contributed by atoms with Crippen molar-refractivity contribution >= 4 is 40.1 Å². The van der Waals surface area contributed by atoms with Crippen LogP contribution in [0.25, 0.3) is 0 Å². The Balaban J connectivity index is 2.43. The van der Waals surface area contributed by atoms with Crippen molar-refractivity contribution in [3.8, 4) is 0 Å². The highest BCUT2D eigenvalue weighted by Gasteiger charge is 2.19. The first-order chi connectivity index (χ1) is 9.20. The molecule has 0 saturated carbocycles. The van der Waals surface area contributed by atoms with Crippen LogP contribution in [0, 0.1) is 0 Å². The van der Waals surface area contributed by atoms with Crippen LogP contribution in [0.1, 0.15) is 23.7 Å². The van der Waals surface area contributed by atoms with Gasteiger partial charge in [0.15, 0.2) is 5.82 Å². The van der Waals surface area contributed by atoms with Gasteiger partial charge in [-0.3, -0.25) is 0 Å². The number of ether oxygens (including phenoxy) is 1. The van der Waals surface area contributed by atoms with Crippen molar-refractivity contribution < 1.29 is 14.6 Å². The van der Waals surface area contributed by atoms with E-state index in [4.69, 9.17) is 15.6 Å². The first kappa shape index (κ1) is 16.1. The number of carbonyl (C=O) groups is 1. The summed E-state index contributed by atoms with van der Waals surface area (Å²) in [6.45, 7) is 2.99. The lowest BCUT2D eigenvalue weighted by Crippen LogP contribution is -2.11. The van der Waals surface area contributed by atoms with Gasteiger partial charge >= 0.3 is 5.97 Å². The Bertz CT molecular complexity index is 399. The molecule has 0 unspecified atom stereocenters. The summed E-state index contributed by atoms with van der Waals surface area (Å²) in [7, 11) is 0. The molecule has 0 aliphatic heterocycles. The van der Waals surface area contributed by atoms with E-state index >= 15 is 0 Å². The summed E-state index contributed by atoms with van der Waals surface area (Å²) in [4.78, 5) is 11.7. The van der Waals surface area contributed by atoms with E-state index in [1.807, 2.05) is 0 Å². The number of aliphatic hydroxyl groups is 1. The van der Waals surface area contributed by atoms with Crippen LogP contribution in [0.15, 0.2) is 0 Å². The second-order valence-electron chi connectivity index (χ2n) is 3.61. The largest absolute Gasteiger partial charge is 0.462 e. The third-order valence-electron chi connectivity index (χ3n) is 2.18. The second kappa shape index (κ2) is 9.00. The summed E-state index contributed by atoms with van der Waals surface area (Å²) in [5.41, 5.74) is 5.99. The summed E-state index contributed by atoms with van der Waals surface area (Å²) in [5, 5.41) is 12.4. The maximum atomic E-state index is 11.7. The minimum absolute atomic E-state index is 0.207. The van der Waals surface area contributed by atoms with Crippen LogP contribution in [0.3, 0.4) is 0 Å². The number of carbonyl (C=O) groups excluding carboxylic acids is 1. The molecule has 0 bridgehead atoms. The van der Waals surface area contributed by atoms with E-state index in [9.17, 15) is 4.79 Å². The molecule has 0 radical (unpaired) electrons. The molecule has 1 aromatic rings. The molecular formula is C11H19N3O3S2. The van der Waals surface area contributed by atoms with Crippen molar-refractivity contribution in [2.75, 3.05) is 42.3 Å². The van der Waals surface area contributed by atoms with E-state index in [0.29, 0.717) is 23.7 Å². The minimum Gasteiger partial charge on any atom is -0.462 e. The van der Waals surface area contributed by atoms with E-state index in [2.05, 4.69) is 9.69 Å². The average molecular weight is 305 g/mol. The number of nitrogens with zero attached hydrogens (tertiary/aromatic N) is 1. The van der Waals surface area contributed by atoms with Crippen molar-refractivity contribution in [3.05, 3.63) is 5.56 Å². The number of nitrogens with one attached hydrogen (secondary N) is 1. The fourth-order valence-corrected chi connectivity index (χ4v) is 2.84. The molecule has 0 aliphatic carbocycles. The molecule has 0 aliphatic rings. The molecule has 8 heteroatoms. The zero-order valence-electron chi connectivity index (χ0n) is 10.8. The maximum Gasteiger partial charge on any atom is 0.344 e. The van der Waals surface area contributed by atoms with Gasteiger partial charge in [-0.2, -0.15) is 16.1 Å². The molecular weight excluding hydrogens is 286 g/mol. The van der Waals surface area contributed by atoms with Gasteiger partial charge in [0.25, 0.3) is 0 Å². The number of nitrogen functional groups attached to an aromatic ring is 1. The molecule has 0 saturated heterocycles. The number of esters is 1. The Morgan fingerprint density at radius 3 is 3.05 bits per heavy atom. The normalized spacial score (nSPS) is 10.4. The van der Waals surface area contributed by atoms with E-state index < -0.39 is 5.97 Å². The lowest BCUT2D eigenvalue weighted by atomic mass is 10.3. The Labute approximate surface area is 120 Å². The van der Waals surface area contributed by atoms with Crippen LogP contribution in [0.2, 0.25) is 0 Å². The standard InChI is InChI=1S/C11H19N3O3S2/c1-2-17-11(16)8-9(12)14-19-10(8)13-4-7-18-6-3-5-15/h13,15H,2-7H2,1H3,(H2,12,14). The molecule has 0 atom stereocenters. The van der Waals surface area contributed by atoms with Crippen LogP contribution in [0.4, 0.5) is 10.8 Å². The quantitative estimate of drug-likeness (QED) is 0.469. The van der Waals surface area contributed by atoms with Gasteiger partial charge in [-0.05, 0) is 30.6 Å². The lowest BCUT2D eigenvalue weighted by Gasteiger charge is -2.06. The number of anilines is 2. The average Bonchev–Trinajstić information content (AvgIpc) is 2.75. The summed E-state index contributed by atoms with van der Waals surface area (Å²) < 4.78 is 8.91. The van der Waals surface area contributed by atoms with Gasteiger partial charge in [0.05, 0.1) is 6.61 Å². The summed E-state index contributed by atoms with van der Waals surface area (Å²) >= 11 is 2.91. The highest BCUT2D eigenvalue weighted by atomic mass is 32.2. The van der Waals surface area contributed by atoms with Crippen molar-refractivity contribution in [3.63, 3.8) is 0 Å². The molecule has 108 valence electrons. The van der Waals surface area contributed by atoms with Crippen LogP contribution >= 0.6 is 23.3 Å². The third kappa shape index (κ3) is 5.25. The van der Waals surface area contributed by atoms with Gasteiger partial charge in [-0.1, -0.05) is 0 Å². The minimum atomic E-state index is -0.441. The molecule has 0 aromatic carbocycles. The highest BCUT2D eigenvalue weighted by Crippen LogP contribution is 2.27. The third-order valence-corrected chi connectivity index (χ3v) is 4.07. The van der Waals surface area contributed by atoms with Gasteiger partial charge in [0.1, 0.15) is 10.6 Å². The van der Waals surface area contributed by atoms with Crippen molar-refractivity contribution in [2.45, 2.75) is 13.3 Å². The number of hydrogen-bond donors (Lipinski definition) is 3. The molecule has 1 heterocycles. The summed E-state index contributed by atoms with van der Waals surface area (Å²) in [6, 6.07) is 0. The Hall–Kier alpha value is -0.990. The number of aromatic nitrogens is 1. The predicted molar refractivity (Wildman–Crippen MR) is 80.0 cm³/mol. The van der Waals surface area contributed by atoms with Gasteiger partial charge in [0.2, 0.25) is 0 Å². The van der Waals surface area contributed by atoms with E-state index in [0.717, 1.165) is 29.5 Å². The topological polar surface area (TPSA) is 97.5 Å². The Morgan fingerprint density at radius 1 is 1.58 bits per heavy atom. The SMILES string of the molecule is CCOC(=O)c1c(N)nsc1NCCSCCCO. The zero-order valence-corrected chi connectivity index (χ0v) is 12.5. The van der Waals surface area contributed by atoms with Gasteiger partial charge in [-0.15, -0.1) is 0 Å². The lowest BCUT2D eigenvalue weighted by molar-refractivity contribution is 0.0529. The number of rotatable bonds is 9. The number of nitrogens with two attached hydrogens (primary N) is 1. The van der Waals surface area contributed by atoms with Crippen molar-refractivity contribution in [2.24, 2.45) is 0 Å². The summed E-state index contributed by atoms with van der Waals surface area (Å²) in [5.74, 6) is 1.58. The molecule has 0 spiro atoms. The molecule has 6 nitrogen and oxygen atoms in total. The predicted octanol–water partition coefficient (Wildman–Crippen LogP) is 1.43. The number of aliphatic hydroxyl groups excluding tert-OH is 1. The molecule has 1 rings (SSSR count). The molecule has 0 fully saturated rings. The van der Waals surface area contributed by atoms with Crippen LogP contribution < -0.4 is 11.1 Å². The first-order valence-corrected chi connectivity index (χ1v) is 7.98. The van der Waals surface area contributed by atoms with E-state index in [1.165, 1.54) is 0 Å². The Kier molecular flexibility index (Phi) is 7.61. The molecule has 4 N–H and O–H groups in total. The van der Waals surface area contributed by atoms with Crippen molar-refractivity contribution in [1.82, 2.24) is 4.37 Å². The smallest absolute Gasteiger partial charge is 0.344 e. The highest BCUT2D eigenvalue weighted by molar-refractivity contribution is 7.99. The molecule has 1 aromatic heterocycles. The summed E-state index contributed by atoms with van der Waals surface area (Å²) in [6.07, 6.45) is 0.798. The second-order valence-corrected chi connectivity index (χ2v) is 5.61. The fraction of sp³-hybridized carbons (Fsp3) is 0.636. The number of hydrogen-bond acceptors (Lipinski definition) is 8. The fourth-order valence-electron chi connectivity index (χ4n) is 1.33. The monoisotopic (exact) mass is 305 g/mol. The van der Waals surface area contributed by atoms with Crippen LogP contribution in [-0.2, 0) is 4.74 Å². The maximum absolute atomic E-state index is 11.7. The van der Waals surface area contributed by atoms with Gasteiger partial charge in [-0.25, -0.2) is 4.79 Å². The molecule has 0 amide bonds. The zero-order chi connectivity index (χ0) is 14.1. The van der Waals surface area contributed by atoms with E-state index in [1.54, 1.807) is 18.7 Å². The van der Waals surface area contributed by atoms with Gasteiger partial charge in [0, 0.05) is 18.9 Å². The van der Waals surface area contributed by atoms with Crippen LogP contribution in [-0.4, -0.2) is 46.7 Å². The Morgan fingerprint density at radius 2 is 2.37 bits per heavy atom. The van der Waals surface area contributed by atoms with Crippen LogP contribution in [0.5, 0.6) is 0 Å².